The quantitative estimate of drug-likeness (QED) is 0.0242. The molecule has 0 amide bonds. The molecule has 0 aliphatic carbocycles. The summed E-state index contributed by atoms with van der Waals surface area (Å²) in [5, 5.41) is 21.8. The number of hydrogen-bond acceptors (Lipinski definition) is 28. The van der Waals surface area contributed by atoms with Crippen molar-refractivity contribution in [3.05, 3.63) is 46.0 Å². The number of aromatic amines is 2. The van der Waals surface area contributed by atoms with Crippen molar-refractivity contribution in [2.24, 2.45) is 14.1 Å². The normalized spacial score (nSPS) is 29.8. The van der Waals surface area contributed by atoms with Crippen molar-refractivity contribution in [2.75, 3.05) is 58.4 Å². The van der Waals surface area contributed by atoms with Crippen LogP contribution in [0.4, 0.5) is 17.7 Å². The number of anilines is 3. The van der Waals surface area contributed by atoms with Crippen molar-refractivity contribution in [2.45, 2.75) is 73.6 Å². The maximum atomic E-state index is 13.8. The Bertz CT molecular complexity index is 3560. The topological polar surface area (TPSA) is 531 Å². The van der Waals surface area contributed by atoms with E-state index >= 15 is 0 Å². The first kappa shape index (κ1) is 57.5. The van der Waals surface area contributed by atoms with Gasteiger partial charge in [-0.25, -0.2) is 32.4 Å². The van der Waals surface area contributed by atoms with E-state index in [1.807, 2.05) is 0 Å². The summed E-state index contributed by atoms with van der Waals surface area (Å²) < 4.78 is 124. The number of imidazole rings is 3. The maximum absolute atomic E-state index is 13.8. The molecule has 0 saturated carbocycles. The molecule has 7 unspecified atom stereocenters. The third-order valence-electron chi connectivity index (χ3n) is 12.4. The van der Waals surface area contributed by atoms with Crippen LogP contribution in [0.2, 0.25) is 0 Å². The summed E-state index contributed by atoms with van der Waals surface area (Å²) in [6, 6.07) is 0. The Kier molecular flexibility index (Phi) is 16.0. The van der Waals surface area contributed by atoms with E-state index in [0.29, 0.717) is 0 Å². The number of aryl methyl sites for hydroxylation is 2. The van der Waals surface area contributed by atoms with Crippen LogP contribution in [0.3, 0.4) is 0 Å². The number of aliphatic hydroxyl groups is 2. The second kappa shape index (κ2) is 21.7. The number of hydrogen-bond donors (Lipinski definition) is 11. The molecule has 3 saturated heterocycles. The lowest BCUT2D eigenvalue weighted by molar-refractivity contribution is -0.746. The van der Waals surface area contributed by atoms with Crippen LogP contribution in [0.1, 0.15) is 18.7 Å². The molecule has 43 heteroatoms. The number of methoxy groups -OCH3 is 3. The summed E-state index contributed by atoms with van der Waals surface area (Å²) >= 11 is 0. The van der Waals surface area contributed by atoms with Gasteiger partial charge in [-0.1, -0.05) is 9.97 Å². The first-order valence-electron chi connectivity index (χ1n) is 22.4. The first-order valence-corrected chi connectivity index (χ1v) is 28.4. The summed E-state index contributed by atoms with van der Waals surface area (Å²) in [4.78, 5) is 92.8. The maximum Gasteiger partial charge on any atom is 0.490 e. The molecule has 6 aromatic rings. The molecule has 0 spiro atoms. The zero-order valence-corrected chi connectivity index (χ0v) is 44.5. The molecule has 6 aromatic heterocycles. The number of phosphoric ester groups is 3. The highest BCUT2D eigenvalue weighted by Gasteiger charge is 2.55. The number of aromatic nitrogens is 12. The van der Waals surface area contributed by atoms with Gasteiger partial charge >= 0.3 is 42.6 Å². The zero-order chi connectivity index (χ0) is 56.6. The van der Waals surface area contributed by atoms with E-state index in [1.165, 1.54) is 52.2 Å². The van der Waals surface area contributed by atoms with Gasteiger partial charge in [0.1, 0.15) is 54.9 Å². The Morgan fingerprint density at radius 3 is 1.78 bits per heavy atom. The Balaban J connectivity index is 0.879. The van der Waals surface area contributed by atoms with Crippen LogP contribution in [0.25, 0.3) is 33.5 Å². The summed E-state index contributed by atoms with van der Waals surface area (Å²) in [6.07, 6.45) is -12.8. The number of fused-ring (bicyclic) bond motifs is 3. The molecule has 0 radical (unpaired) electrons. The number of nitrogens with zero attached hydrogens (tertiary/aromatic N) is 10. The van der Waals surface area contributed by atoms with E-state index in [1.54, 1.807) is 7.05 Å². The van der Waals surface area contributed by atoms with Crippen molar-refractivity contribution in [3.8, 4) is 0 Å². The van der Waals surface area contributed by atoms with Gasteiger partial charge in [-0.15, -0.1) is 0 Å². The molecule has 39 nitrogen and oxygen atoms in total. The SMILES string of the molecule is COC1[C@@H](OP(=O)(O)OC[C@H]2O[C@@H](n3cnc4c(=O)[nH]c(N)nc43)C(O)[C@H]2O)[C@@H](COP(=O)(O)OP(=O)(O)OP(=O)(O)OC[C@H]2O[C@@H]([n+]3cn(C)c4c(=O)[nH]c(N)nc43)C(OC)[C@H]2OC)O[C@H]1[n+]1cn(C)c2c(N)ncnc21. The van der Waals surface area contributed by atoms with Gasteiger partial charge in [0.2, 0.25) is 29.4 Å². The predicted molar refractivity (Wildman–Crippen MR) is 252 cm³/mol. The fraction of sp³-hybridized carbons (Fsp3) is 0.571. The minimum Gasteiger partial charge on any atom is -0.387 e. The fourth-order valence-corrected chi connectivity index (χ4v) is 13.6. The molecular formula is C35H51N15O24P4+2. The highest BCUT2D eigenvalue weighted by atomic mass is 31.3. The van der Waals surface area contributed by atoms with Gasteiger partial charge in [-0.05, 0) is 0 Å². The Labute approximate surface area is 434 Å². The van der Waals surface area contributed by atoms with Gasteiger partial charge in [-0.2, -0.15) is 18.6 Å². The van der Waals surface area contributed by atoms with Gasteiger partial charge in [0.05, 0.1) is 40.2 Å². The lowest BCUT2D eigenvalue weighted by Gasteiger charge is -2.25. The zero-order valence-electron chi connectivity index (χ0n) is 40.9. The van der Waals surface area contributed by atoms with E-state index in [0.717, 1.165) is 24.3 Å². The van der Waals surface area contributed by atoms with E-state index in [-0.39, 0.29) is 51.2 Å². The molecule has 9 rings (SSSR count). The summed E-state index contributed by atoms with van der Waals surface area (Å²) in [7, 11) is -16.6. The fourth-order valence-electron chi connectivity index (χ4n) is 9.13. The molecule has 3 fully saturated rings. The Morgan fingerprint density at radius 2 is 1.17 bits per heavy atom. The van der Waals surface area contributed by atoms with Crippen molar-refractivity contribution < 1.29 is 112 Å². The number of ether oxygens (including phenoxy) is 6. The molecule has 3 aliphatic rings. The summed E-state index contributed by atoms with van der Waals surface area (Å²) in [5.41, 5.74) is 16.4. The van der Waals surface area contributed by atoms with Crippen LogP contribution in [-0.2, 0) is 87.5 Å². The smallest absolute Gasteiger partial charge is 0.387 e. The largest absolute Gasteiger partial charge is 0.490 e. The number of nitrogen functional groups attached to an aromatic ring is 3. The third-order valence-corrected chi connectivity index (χ3v) is 17.6. The molecule has 0 bridgehead atoms. The molecule has 0 aromatic carbocycles. The monoisotopic (exact) mass is 1190 g/mol. The number of phosphoric acid groups is 4. The molecule has 14 N–H and O–H groups in total. The van der Waals surface area contributed by atoms with Crippen LogP contribution in [-0.4, -0.2) is 174 Å². The molecule has 9 heterocycles. The van der Waals surface area contributed by atoms with E-state index < -0.39 is 136 Å². The van der Waals surface area contributed by atoms with Gasteiger partial charge < -0.3 is 75.4 Å². The van der Waals surface area contributed by atoms with Crippen LogP contribution in [0.5, 0.6) is 0 Å². The van der Waals surface area contributed by atoms with Gasteiger partial charge in [0, 0.05) is 21.3 Å². The van der Waals surface area contributed by atoms with Gasteiger partial charge in [0.25, 0.3) is 17.1 Å². The Morgan fingerprint density at radius 1 is 0.641 bits per heavy atom. The highest BCUT2D eigenvalue weighted by Crippen LogP contribution is 2.68. The number of rotatable bonds is 21. The molecule has 428 valence electrons. The molecule has 16 atom stereocenters. The predicted octanol–water partition coefficient (Wildman–Crippen LogP) is -3.97. The van der Waals surface area contributed by atoms with Crippen molar-refractivity contribution >= 4 is 82.5 Å². The van der Waals surface area contributed by atoms with E-state index in [2.05, 4.69) is 43.5 Å². The van der Waals surface area contributed by atoms with Crippen LogP contribution in [0.15, 0.2) is 34.9 Å². The van der Waals surface area contributed by atoms with Gasteiger partial charge in [-0.3, -0.25) is 51.4 Å². The van der Waals surface area contributed by atoms with Crippen molar-refractivity contribution in [3.63, 3.8) is 0 Å². The molecular weight excluding hydrogens is 1140 g/mol. The standard InChI is InChI=1S/C35H49N15O24P4/c1-46-11-49(27-17(46)25(36)39-9-40-27)33-24(65-5)22(72-75(55,56)66-6-13-19(51)20(52)31(69-13)48-10-41-16-26(48)42-34(37)44-29(16)53)15(71-33)8-68-77(59,60)74-78(61,62)73-76(57,58)67-7-14-21(63-3)23(64-4)32(70-14)50-12-47(2)18-28(50)43-35(38)45-30(18)54/h9-15,19-24,31-33,51-52H,6-8H2,1-5H3,(H10-2,36,37,38,39,40,42,43,44,45,53,54,55,56,57,58,59,60,61,62)/p+2/t13-,14-,15-,19+,20?,21+,22+,23?,24?,31-,32-,33-/m1/s1. The number of H-pyrrole nitrogens is 2. The second-order valence-corrected chi connectivity index (χ2v) is 23.4. The average molecular weight is 1190 g/mol. The van der Waals surface area contributed by atoms with Crippen molar-refractivity contribution in [1.82, 2.24) is 48.6 Å². The number of nitrogens with two attached hydrogens (primary N) is 3. The van der Waals surface area contributed by atoms with E-state index in [9.17, 15) is 57.6 Å². The summed E-state index contributed by atoms with van der Waals surface area (Å²) in [6.45, 7) is -3.12. The Hall–Kier alpha value is -5.15. The molecule has 78 heavy (non-hydrogen) atoms. The first-order chi connectivity index (χ1) is 36.7. The van der Waals surface area contributed by atoms with Gasteiger partial charge in [0.15, 0.2) is 42.2 Å². The molecule has 3 aliphatic heterocycles. The summed E-state index contributed by atoms with van der Waals surface area (Å²) in [5.74, 6) is -0.523. The van der Waals surface area contributed by atoms with Crippen LogP contribution < -0.4 is 37.5 Å². The number of nitrogens with one attached hydrogen (secondary N) is 2. The lowest BCUT2D eigenvalue weighted by atomic mass is 10.1. The third kappa shape index (κ3) is 11.3. The van der Waals surface area contributed by atoms with E-state index in [4.69, 9.17) is 63.7 Å². The number of aliphatic hydroxyl groups excluding tert-OH is 2. The van der Waals surface area contributed by atoms with Crippen molar-refractivity contribution in [1.29, 1.82) is 0 Å². The van der Waals surface area contributed by atoms with Crippen LogP contribution in [0, 0.1) is 0 Å². The minimum absolute atomic E-state index is 0.0131. The minimum atomic E-state index is -6.16. The average Bonchev–Trinajstić information content (AvgIpc) is 4.29. The lowest BCUT2D eigenvalue weighted by Crippen LogP contribution is -2.47. The second-order valence-electron chi connectivity index (χ2n) is 17.4. The highest BCUT2D eigenvalue weighted by molar-refractivity contribution is 7.66. The van der Waals surface area contributed by atoms with Crippen LogP contribution >= 0.6 is 31.3 Å².